The lowest BCUT2D eigenvalue weighted by atomic mass is 9.89. The molecule has 2 amide bonds. The number of para-hydroxylation sites is 2. The fourth-order valence-electron chi connectivity index (χ4n) is 3.10. The number of hydrogen-bond acceptors (Lipinski definition) is 4. The molecule has 0 saturated carbocycles. The number of fused-ring (bicyclic) bond motifs is 1. The van der Waals surface area contributed by atoms with Gasteiger partial charge in [-0.1, -0.05) is 26.0 Å². The number of hydrogen-bond donors (Lipinski definition) is 2. The van der Waals surface area contributed by atoms with E-state index in [4.69, 9.17) is 9.47 Å². The second kappa shape index (κ2) is 7.47. The predicted molar refractivity (Wildman–Crippen MR) is 99.8 cm³/mol. The summed E-state index contributed by atoms with van der Waals surface area (Å²) < 4.78 is 10.7. The Bertz CT molecular complexity index is 832. The fourth-order valence-corrected chi connectivity index (χ4v) is 3.10. The van der Waals surface area contributed by atoms with Crippen LogP contribution in [0.2, 0.25) is 0 Å². The van der Waals surface area contributed by atoms with E-state index >= 15 is 0 Å². The summed E-state index contributed by atoms with van der Waals surface area (Å²) in [6.45, 7) is 3.87. The van der Waals surface area contributed by atoms with Crippen molar-refractivity contribution in [3.63, 3.8) is 0 Å². The highest BCUT2D eigenvalue weighted by Gasteiger charge is 2.33. The lowest BCUT2D eigenvalue weighted by molar-refractivity contribution is -0.118. The molecule has 0 aromatic heterocycles. The maximum atomic E-state index is 12.2. The highest BCUT2D eigenvalue weighted by molar-refractivity contribution is 6.04. The Morgan fingerprint density at radius 1 is 1.19 bits per heavy atom. The molecule has 2 aromatic rings. The zero-order valence-corrected chi connectivity index (χ0v) is 15.0. The average molecular weight is 354 g/mol. The SMILES string of the molecule is COc1ccccc1OCC(=O)Nc1ccc2c(c1)C(C(C)C)C(=O)N2. The number of rotatable bonds is 6. The number of anilines is 2. The van der Waals surface area contributed by atoms with Crippen molar-refractivity contribution in [2.75, 3.05) is 24.4 Å². The van der Waals surface area contributed by atoms with Gasteiger partial charge in [-0.2, -0.15) is 0 Å². The van der Waals surface area contributed by atoms with Gasteiger partial charge in [-0.05, 0) is 41.8 Å². The van der Waals surface area contributed by atoms with Crippen molar-refractivity contribution >= 4 is 23.2 Å². The molecule has 2 N–H and O–H groups in total. The van der Waals surface area contributed by atoms with Crippen LogP contribution in [0.1, 0.15) is 25.3 Å². The molecule has 1 atom stereocenters. The van der Waals surface area contributed by atoms with E-state index in [2.05, 4.69) is 10.6 Å². The lowest BCUT2D eigenvalue weighted by Gasteiger charge is -2.14. The molecule has 0 saturated heterocycles. The van der Waals surface area contributed by atoms with Gasteiger partial charge in [0, 0.05) is 11.4 Å². The van der Waals surface area contributed by atoms with Crippen LogP contribution in [0.15, 0.2) is 42.5 Å². The molecule has 26 heavy (non-hydrogen) atoms. The van der Waals surface area contributed by atoms with Crippen molar-refractivity contribution in [3.05, 3.63) is 48.0 Å². The number of methoxy groups -OCH3 is 1. The van der Waals surface area contributed by atoms with E-state index in [0.717, 1.165) is 11.3 Å². The van der Waals surface area contributed by atoms with Crippen LogP contribution in [0.4, 0.5) is 11.4 Å². The molecule has 0 aliphatic carbocycles. The molecule has 6 heteroatoms. The van der Waals surface area contributed by atoms with Gasteiger partial charge >= 0.3 is 0 Å². The summed E-state index contributed by atoms with van der Waals surface area (Å²) in [6.07, 6.45) is 0. The van der Waals surface area contributed by atoms with Crippen molar-refractivity contribution in [2.45, 2.75) is 19.8 Å². The Kier molecular flexibility index (Phi) is 5.11. The lowest BCUT2D eigenvalue weighted by Crippen LogP contribution is -2.20. The first-order valence-electron chi connectivity index (χ1n) is 8.50. The summed E-state index contributed by atoms with van der Waals surface area (Å²) >= 11 is 0. The number of ether oxygens (including phenoxy) is 2. The predicted octanol–water partition coefficient (Wildman–Crippen LogP) is 3.40. The maximum Gasteiger partial charge on any atom is 0.262 e. The van der Waals surface area contributed by atoms with Crippen LogP contribution >= 0.6 is 0 Å². The summed E-state index contributed by atoms with van der Waals surface area (Å²) in [7, 11) is 1.55. The van der Waals surface area contributed by atoms with Crippen molar-refractivity contribution in [1.82, 2.24) is 0 Å². The molecule has 2 aromatic carbocycles. The summed E-state index contributed by atoms with van der Waals surface area (Å²) in [4.78, 5) is 24.3. The highest BCUT2D eigenvalue weighted by atomic mass is 16.5. The third-order valence-electron chi connectivity index (χ3n) is 4.31. The van der Waals surface area contributed by atoms with Crippen LogP contribution in [0, 0.1) is 5.92 Å². The van der Waals surface area contributed by atoms with Crippen LogP contribution in [-0.4, -0.2) is 25.5 Å². The van der Waals surface area contributed by atoms with Gasteiger partial charge in [0.05, 0.1) is 13.0 Å². The topological polar surface area (TPSA) is 76.7 Å². The average Bonchev–Trinajstić information content (AvgIpc) is 2.95. The minimum atomic E-state index is -0.283. The van der Waals surface area contributed by atoms with E-state index in [1.165, 1.54) is 0 Å². The Labute approximate surface area is 152 Å². The monoisotopic (exact) mass is 354 g/mol. The summed E-state index contributed by atoms with van der Waals surface area (Å²) in [5, 5.41) is 5.69. The summed E-state index contributed by atoms with van der Waals surface area (Å²) in [5.41, 5.74) is 2.35. The summed E-state index contributed by atoms with van der Waals surface area (Å²) in [6, 6.07) is 12.6. The molecule has 1 heterocycles. The largest absolute Gasteiger partial charge is 0.493 e. The molecule has 1 aliphatic rings. The van der Waals surface area contributed by atoms with Gasteiger partial charge in [-0.3, -0.25) is 9.59 Å². The molecule has 0 bridgehead atoms. The fraction of sp³-hybridized carbons (Fsp3) is 0.300. The Balaban J connectivity index is 1.66. The maximum absolute atomic E-state index is 12.2. The number of benzene rings is 2. The smallest absolute Gasteiger partial charge is 0.262 e. The van der Waals surface area contributed by atoms with Gasteiger partial charge < -0.3 is 20.1 Å². The highest BCUT2D eigenvalue weighted by Crippen LogP contribution is 2.38. The molecule has 136 valence electrons. The van der Waals surface area contributed by atoms with E-state index in [1.807, 2.05) is 38.1 Å². The molecule has 3 rings (SSSR count). The molecule has 1 aliphatic heterocycles. The summed E-state index contributed by atoms with van der Waals surface area (Å²) in [5.74, 6) is 0.769. The van der Waals surface area contributed by atoms with E-state index < -0.39 is 0 Å². The molecule has 0 fully saturated rings. The van der Waals surface area contributed by atoms with Crippen LogP contribution in [0.3, 0.4) is 0 Å². The van der Waals surface area contributed by atoms with Gasteiger partial charge in [0.2, 0.25) is 5.91 Å². The van der Waals surface area contributed by atoms with E-state index in [1.54, 1.807) is 25.3 Å². The van der Waals surface area contributed by atoms with Crippen LogP contribution in [0.25, 0.3) is 0 Å². The van der Waals surface area contributed by atoms with Crippen LogP contribution in [0.5, 0.6) is 11.5 Å². The first-order valence-corrected chi connectivity index (χ1v) is 8.50. The van der Waals surface area contributed by atoms with Crippen molar-refractivity contribution < 1.29 is 19.1 Å². The van der Waals surface area contributed by atoms with Crippen molar-refractivity contribution in [1.29, 1.82) is 0 Å². The van der Waals surface area contributed by atoms with Gasteiger partial charge in [0.25, 0.3) is 5.91 Å². The van der Waals surface area contributed by atoms with Gasteiger partial charge in [0.1, 0.15) is 0 Å². The second-order valence-corrected chi connectivity index (χ2v) is 6.50. The van der Waals surface area contributed by atoms with Crippen LogP contribution < -0.4 is 20.1 Å². The third kappa shape index (κ3) is 3.64. The number of carbonyl (C=O) groups is 2. The first-order chi connectivity index (χ1) is 12.5. The normalized spacial score (nSPS) is 15.4. The Hall–Kier alpha value is -3.02. The van der Waals surface area contributed by atoms with Crippen molar-refractivity contribution in [2.24, 2.45) is 5.92 Å². The molecule has 0 radical (unpaired) electrons. The molecular formula is C20H22N2O4. The minimum Gasteiger partial charge on any atom is -0.493 e. The van der Waals surface area contributed by atoms with Crippen molar-refractivity contribution in [3.8, 4) is 11.5 Å². The third-order valence-corrected chi connectivity index (χ3v) is 4.31. The van der Waals surface area contributed by atoms with Gasteiger partial charge in [-0.25, -0.2) is 0 Å². The van der Waals surface area contributed by atoms with Gasteiger partial charge in [0.15, 0.2) is 18.1 Å². The van der Waals surface area contributed by atoms with E-state index in [0.29, 0.717) is 17.2 Å². The van der Waals surface area contributed by atoms with E-state index in [-0.39, 0.29) is 30.3 Å². The second-order valence-electron chi connectivity index (χ2n) is 6.50. The van der Waals surface area contributed by atoms with Crippen LogP contribution in [-0.2, 0) is 9.59 Å². The number of carbonyl (C=O) groups excluding carboxylic acids is 2. The molecule has 6 nitrogen and oxygen atoms in total. The first kappa shape index (κ1) is 17.8. The van der Waals surface area contributed by atoms with E-state index in [9.17, 15) is 9.59 Å². The minimum absolute atomic E-state index is 0.00187. The standard InChI is InChI=1S/C20H22N2O4/c1-12(2)19-14-10-13(8-9-15(14)22-20(19)24)21-18(23)11-26-17-7-5-4-6-16(17)25-3/h4-10,12,19H,11H2,1-3H3,(H,21,23)(H,22,24). The number of amides is 2. The Morgan fingerprint density at radius 2 is 1.92 bits per heavy atom. The zero-order chi connectivity index (χ0) is 18.7. The zero-order valence-electron chi connectivity index (χ0n) is 15.0. The molecule has 0 spiro atoms. The Morgan fingerprint density at radius 3 is 2.62 bits per heavy atom. The quantitative estimate of drug-likeness (QED) is 0.833. The molecular weight excluding hydrogens is 332 g/mol. The number of nitrogens with one attached hydrogen (secondary N) is 2. The van der Waals surface area contributed by atoms with Gasteiger partial charge in [-0.15, -0.1) is 0 Å². The molecule has 1 unspecified atom stereocenters.